The fourth-order valence-electron chi connectivity index (χ4n) is 4.41. The van der Waals surface area contributed by atoms with Crippen LogP contribution in [0, 0.1) is 0 Å². The van der Waals surface area contributed by atoms with E-state index in [0.717, 1.165) is 0 Å². The zero-order valence-corrected chi connectivity index (χ0v) is 20.7. The summed E-state index contributed by atoms with van der Waals surface area (Å²) in [6.45, 7) is 6.14. The number of rotatable bonds is 7. The van der Waals surface area contributed by atoms with Gasteiger partial charge in [-0.25, -0.2) is 4.39 Å². The molecular formula is C24H32FN7O4. The molecule has 4 atom stereocenters. The van der Waals surface area contributed by atoms with Crippen LogP contribution in [0.2, 0.25) is 0 Å². The summed E-state index contributed by atoms with van der Waals surface area (Å²) < 4.78 is 26.4. The number of aliphatic imine (C=N–C) groups is 1. The molecule has 3 aliphatic rings. The Balaban J connectivity index is 1.61. The zero-order valence-electron chi connectivity index (χ0n) is 20.7. The minimum absolute atomic E-state index is 0.160. The van der Waals surface area contributed by atoms with Crippen LogP contribution in [0.3, 0.4) is 0 Å². The highest BCUT2D eigenvalue weighted by Crippen LogP contribution is 2.25. The summed E-state index contributed by atoms with van der Waals surface area (Å²) in [5, 5.41) is 14.3. The van der Waals surface area contributed by atoms with Crippen molar-refractivity contribution in [2.24, 2.45) is 10.1 Å². The topological polar surface area (TPSA) is 122 Å². The van der Waals surface area contributed by atoms with Crippen LogP contribution < -0.4 is 21.5 Å². The lowest BCUT2D eigenvalue weighted by Gasteiger charge is -2.33. The molecule has 1 saturated heterocycles. The van der Waals surface area contributed by atoms with Gasteiger partial charge in [0.25, 0.3) is 11.5 Å². The van der Waals surface area contributed by atoms with Gasteiger partial charge in [0.1, 0.15) is 29.6 Å². The first-order chi connectivity index (χ1) is 17.4. The predicted octanol–water partition coefficient (Wildman–Crippen LogP) is 1.48. The van der Waals surface area contributed by atoms with Crippen LogP contribution in [0.1, 0.15) is 32.2 Å². The first kappa shape index (κ1) is 25.6. The number of anilines is 1. The molecule has 1 amide bonds. The maximum atomic E-state index is 13.7. The number of amides is 1. The van der Waals surface area contributed by atoms with E-state index in [0.29, 0.717) is 55.6 Å². The Morgan fingerprint density at radius 1 is 1.36 bits per heavy atom. The average Bonchev–Trinajstić information content (AvgIpc) is 2.90. The van der Waals surface area contributed by atoms with E-state index in [2.05, 4.69) is 32.8 Å². The Morgan fingerprint density at radius 2 is 2.17 bits per heavy atom. The highest BCUT2D eigenvalue weighted by atomic mass is 19.1. The van der Waals surface area contributed by atoms with Crippen LogP contribution in [0.4, 0.5) is 10.1 Å². The van der Waals surface area contributed by atoms with Crippen LogP contribution in [0.5, 0.6) is 0 Å². The van der Waals surface area contributed by atoms with Crippen molar-refractivity contribution in [2.75, 3.05) is 32.7 Å². The number of hydrogen-bond donors (Lipinski definition) is 3. The molecule has 0 spiro atoms. The molecule has 194 valence electrons. The van der Waals surface area contributed by atoms with Crippen LogP contribution in [-0.4, -0.2) is 73.7 Å². The molecule has 0 aromatic carbocycles. The van der Waals surface area contributed by atoms with Crippen molar-refractivity contribution in [1.29, 1.82) is 0 Å². The lowest BCUT2D eigenvalue weighted by molar-refractivity contribution is -0.119. The number of ether oxygens (including phenoxy) is 2. The number of hydrogen-bond acceptors (Lipinski definition) is 8. The number of pyridine rings is 1. The molecule has 2 aliphatic heterocycles. The number of hydrazone groups is 1. The van der Waals surface area contributed by atoms with E-state index in [4.69, 9.17) is 9.47 Å². The van der Waals surface area contributed by atoms with Crippen molar-refractivity contribution in [2.45, 2.75) is 50.5 Å². The minimum atomic E-state index is -1.04. The van der Waals surface area contributed by atoms with Crippen molar-refractivity contribution in [3.8, 4) is 0 Å². The number of alkyl halides is 1. The van der Waals surface area contributed by atoms with Crippen molar-refractivity contribution in [3.63, 3.8) is 0 Å². The lowest BCUT2D eigenvalue weighted by atomic mass is 9.90. The summed E-state index contributed by atoms with van der Waals surface area (Å²) in [5.41, 5.74) is 0.363. The largest absolute Gasteiger partial charge is 0.379 e. The van der Waals surface area contributed by atoms with Gasteiger partial charge in [0.2, 0.25) is 0 Å². The number of amidine groups is 1. The van der Waals surface area contributed by atoms with E-state index in [1.165, 1.54) is 5.01 Å². The summed E-state index contributed by atoms with van der Waals surface area (Å²) in [4.78, 5) is 30.4. The van der Waals surface area contributed by atoms with Gasteiger partial charge in [-0.15, -0.1) is 0 Å². The van der Waals surface area contributed by atoms with Gasteiger partial charge in [0.15, 0.2) is 5.84 Å². The second kappa shape index (κ2) is 11.0. The molecule has 3 heterocycles. The SMILES string of the molecule is C=NN1C(=NC)C=C(Nc2cccn([C@@H]3CCOC[C@@H]3OC)c2=O)N/C1=C(/C)C(=O)N[C@H]1CC[C@H]1F. The molecule has 2 fully saturated rings. The summed E-state index contributed by atoms with van der Waals surface area (Å²) >= 11 is 0. The van der Waals surface area contributed by atoms with E-state index >= 15 is 0 Å². The predicted molar refractivity (Wildman–Crippen MR) is 134 cm³/mol. The Hall–Kier alpha value is -3.51. The highest BCUT2D eigenvalue weighted by molar-refractivity contribution is 5.99. The maximum Gasteiger partial charge on any atom is 0.274 e. The van der Waals surface area contributed by atoms with E-state index in [1.807, 2.05) is 0 Å². The van der Waals surface area contributed by atoms with Gasteiger partial charge in [-0.05, 0) is 38.3 Å². The summed E-state index contributed by atoms with van der Waals surface area (Å²) in [6.07, 6.45) is 3.79. The second-order valence-corrected chi connectivity index (χ2v) is 8.83. The Kier molecular flexibility index (Phi) is 7.85. The van der Waals surface area contributed by atoms with Gasteiger partial charge in [-0.2, -0.15) is 10.1 Å². The summed E-state index contributed by atoms with van der Waals surface area (Å²) in [7, 11) is 3.18. The number of methoxy groups -OCH3 is 1. The quantitative estimate of drug-likeness (QED) is 0.382. The molecule has 11 nitrogen and oxygen atoms in total. The molecule has 1 aliphatic carbocycles. The average molecular weight is 502 g/mol. The number of halogens is 1. The Morgan fingerprint density at radius 3 is 2.81 bits per heavy atom. The number of nitrogens with one attached hydrogen (secondary N) is 3. The minimum Gasteiger partial charge on any atom is -0.379 e. The number of carbonyl (C=O) groups is 1. The van der Waals surface area contributed by atoms with Crippen molar-refractivity contribution in [3.05, 3.63) is 52.0 Å². The molecule has 1 saturated carbocycles. The molecule has 1 aromatic heterocycles. The maximum absolute atomic E-state index is 13.7. The van der Waals surface area contributed by atoms with E-state index in [9.17, 15) is 14.0 Å². The Labute approximate surface area is 208 Å². The molecule has 36 heavy (non-hydrogen) atoms. The standard InChI is InChI=1S/C24H32FN7O4/c1-14(23(33)29-16-8-7-15(16)25)22-30-20(12-21(26-2)32(22)27-3)28-17-6-5-10-31(24(17)34)18-9-11-36-13-19(18)35-4/h5-6,10,12,15-16,18-19,28,30H,3,7-9,11,13H2,1-2,4H3,(H,29,33)/b22-14+,26-21?/t15-,16+,18-,19+/m1/s1. The third-order valence-electron chi connectivity index (χ3n) is 6.70. The third kappa shape index (κ3) is 5.05. The summed E-state index contributed by atoms with van der Waals surface area (Å²) in [6, 6.07) is 2.79. The van der Waals surface area contributed by atoms with E-state index in [1.54, 1.807) is 50.1 Å². The van der Waals surface area contributed by atoms with Crippen molar-refractivity contribution < 1.29 is 18.7 Å². The van der Waals surface area contributed by atoms with Crippen molar-refractivity contribution in [1.82, 2.24) is 20.2 Å². The smallest absolute Gasteiger partial charge is 0.274 e. The van der Waals surface area contributed by atoms with Crippen LogP contribution in [-0.2, 0) is 14.3 Å². The number of carbonyl (C=O) groups excluding carboxylic acids is 1. The van der Waals surface area contributed by atoms with Gasteiger partial charge >= 0.3 is 0 Å². The lowest BCUT2D eigenvalue weighted by Crippen LogP contribution is -2.49. The first-order valence-corrected chi connectivity index (χ1v) is 11.8. The van der Waals surface area contributed by atoms with Gasteiger partial charge < -0.3 is 30.0 Å². The van der Waals surface area contributed by atoms with E-state index in [-0.39, 0.29) is 23.3 Å². The monoisotopic (exact) mass is 501 g/mol. The molecular weight excluding hydrogens is 469 g/mol. The fraction of sp³-hybridized carbons (Fsp3) is 0.500. The van der Waals surface area contributed by atoms with Gasteiger partial charge in [0.05, 0.1) is 24.3 Å². The van der Waals surface area contributed by atoms with Gasteiger partial charge in [-0.1, -0.05) is 0 Å². The normalized spacial score (nSPS) is 28.5. The zero-order chi connectivity index (χ0) is 25.8. The molecule has 4 rings (SSSR count). The molecule has 1 aromatic rings. The highest BCUT2D eigenvalue weighted by Gasteiger charge is 2.34. The molecule has 0 radical (unpaired) electrons. The number of aromatic nitrogens is 1. The van der Waals surface area contributed by atoms with Crippen LogP contribution in [0.15, 0.2) is 56.5 Å². The summed E-state index contributed by atoms with van der Waals surface area (Å²) in [5.74, 6) is 0.667. The van der Waals surface area contributed by atoms with E-state index < -0.39 is 18.1 Å². The first-order valence-electron chi connectivity index (χ1n) is 11.8. The van der Waals surface area contributed by atoms with Gasteiger partial charge in [-0.3, -0.25) is 14.6 Å². The third-order valence-corrected chi connectivity index (χ3v) is 6.70. The fourth-order valence-corrected chi connectivity index (χ4v) is 4.41. The van der Waals surface area contributed by atoms with Crippen LogP contribution in [0.25, 0.3) is 0 Å². The Bertz CT molecular complexity index is 1160. The molecule has 0 bridgehead atoms. The van der Waals surface area contributed by atoms with Gasteiger partial charge in [0, 0.05) is 39.8 Å². The molecule has 0 unspecified atom stereocenters. The van der Waals surface area contributed by atoms with Crippen LogP contribution >= 0.6 is 0 Å². The number of nitrogens with zero attached hydrogens (tertiary/aromatic N) is 4. The molecule has 3 N–H and O–H groups in total. The van der Waals surface area contributed by atoms with Crippen molar-refractivity contribution >= 4 is 24.1 Å². The molecule has 12 heteroatoms. The second-order valence-electron chi connectivity index (χ2n) is 8.83.